The number of aliphatic hydroxyl groups excluding tert-OH is 1. The second-order valence-electron chi connectivity index (χ2n) is 3.52. The molecule has 3 nitrogen and oxygen atoms in total. The number of benzene rings is 1. The molecule has 1 atom stereocenters. The van der Waals surface area contributed by atoms with E-state index in [-0.39, 0.29) is 13.2 Å². The Kier molecular flexibility index (Phi) is 3.92. The Balaban J connectivity index is 2.58. The number of ether oxygens (including phenoxy) is 1. The first-order chi connectivity index (χ1) is 6.61. The largest absolute Gasteiger partial charge is 0.491 e. The molecule has 0 radical (unpaired) electrons. The van der Waals surface area contributed by atoms with Crippen LogP contribution in [0.4, 0.5) is 0 Å². The maximum Gasteiger partial charge on any atom is 0.119 e. The van der Waals surface area contributed by atoms with Crippen molar-refractivity contribution in [2.75, 3.05) is 13.2 Å². The third-order valence-corrected chi connectivity index (χ3v) is 1.91. The van der Waals surface area contributed by atoms with E-state index in [0.717, 1.165) is 16.9 Å². The van der Waals surface area contributed by atoms with Gasteiger partial charge in [-0.15, -0.1) is 0 Å². The fraction of sp³-hybridized carbons (Fsp3) is 0.455. The normalized spacial score (nSPS) is 12.6. The predicted molar refractivity (Wildman–Crippen MR) is 56.5 cm³/mol. The van der Waals surface area contributed by atoms with Crippen molar-refractivity contribution in [2.24, 2.45) is 5.73 Å². The quantitative estimate of drug-likeness (QED) is 0.753. The first-order valence-corrected chi connectivity index (χ1v) is 4.71. The average molecular weight is 195 g/mol. The molecular weight excluding hydrogens is 178 g/mol. The molecule has 78 valence electrons. The molecule has 0 spiro atoms. The molecule has 0 aliphatic rings. The van der Waals surface area contributed by atoms with Gasteiger partial charge in [0.15, 0.2) is 0 Å². The molecule has 1 rings (SSSR count). The molecule has 0 fully saturated rings. The van der Waals surface area contributed by atoms with Crippen LogP contribution >= 0.6 is 0 Å². The standard InChI is InChI=1S/C11H17NO2/c1-8-3-9(2)5-11(4-8)14-7-10(13)6-12/h3-5,10,13H,6-7,12H2,1-2H3/t10-/m0/s1. The Hall–Kier alpha value is -1.06. The van der Waals surface area contributed by atoms with Crippen LogP contribution in [0.1, 0.15) is 11.1 Å². The van der Waals surface area contributed by atoms with Gasteiger partial charge >= 0.3 is 0 Å². The zero-order chi connectivity index (χ0) is 10.6. The minimum atomic E-state index is -0.587. The molecule has 0 aliphatic carbocycles. The van der Waals surface area contributed by atoms with Crippen LogP contribution in [0.5, 0.6) is 5.75 Å². The Labute approximate surface area is 84.5 Å². The maximum absolute atomic E-state index is 9.21. The summed E-state index contributed by atoms with van der Waals surface area (Å²) in [7, 11) is 0. The summed E-state index contributed by atoms with van der Waals surface area (Å²) >= 11 is 0. The van der Waals surface area contributed by atoms with Crippen LogP contribution in [-0.2, 0) is 0 Å². The van der Waals surface area contributed by atoms with E-state index in [1.54, 1.807) is 0 Å². The Morgan fingerprint density at radius 1 is 1.29 bits per heavy atom. The Morgan fingerprint density at radius 3 is 2.36 bits per heavy atom. The Bertz CT molecular complexity index is 279. The van der Waals surface area contributed by atoms with Crippen LogP contribution in [0.3, 0.4) is 0 Å². The van der Waals surface area contributed by atoms with Gasteiger partial charge < -0.3 is 15.6 Å². The molecule has 0 amide bonds. The van der Waals surface area contributed by atoms with Gasteiger partial charge in [0.05, 0.1) is 0 Å². The van der Waals surface area contributed by atoms with Crippen molar-refractivity contribution in [3.8, 4) is 5.75 Å². The summed E-state index contributed by atoms with van der Waals surface area (Å²) in [6.07, 6.45) is -0.587. The van der Waals surface area contributed by atoms with Crippen molar-refractivity contribution in [3.05, 3.63) is 29.3 Å². The lowest BCUT2D eigenvalue weighted by Crippen LogP contribution is -2.26. The van der Waals surface area contributed by atoms with Gasteiger partial charge in [0.2, 0.25) is 0 Å². The summed E-state index contributed by atoms with van der Waals surface area (Å²) in [5.41, 5.74) is 7.58. The second kappa shape index (κ2) is 4.98. The lowest BCUT2D eigenvalue weighted by molar-refractivity contribution is 0.114. The smallest absolute Gasteiger partial charge is 0.119 e. The molecule has 0 aliphatic heterocycles. The fourth-order valence-electron chi connectivity index (χ4n) is 1.28. The maximum atomic E-state index is 9.21. The van der Waals surface area contributed by atoms with Crippen LogP contribution in [-0.4, -0.2) is 24.4 Å². The van der Waals surface area contributed by atoms with Gasteiger partial charge in [-0.1, -0.05) is 6.07 Å². The number of aryl methyl sites for hydroxylation is 2. The van der Waals surface area contributed by atoms with E-state index in [9.17, 15) is 5.11 Å². The number of rotatable bonds is 4. The molecule has 14 heavy (non-hydrogen) atoms. The van der Waals surface area contributed by atoms with Crippen LogP contribution in [0.15, 0.2) is 18.2 Å². The zero-order valence-electron chi connectivity index (χ0n) is 8.66. The molecule has 0 saturated heterocycles. The second-order valence-corrected chi connectivity index (χ2v) is 3.52. The van der Waals surface area contributed by atoms with Crippen molar-refractivity contribution < 1.29 is 9.84 Å². The lowest BCUT2D eigenvalue weighted by atomic mass is 10.1. The van der Waals surface area contributed by atoms with Crippen molar-refractivity contribution in [2.45, 2.75) is 20.0 Å². The number of hydrogen-bond acceptors (Lipinski definition) is 3. The van der Waals surface area contributed by atoms with E-state index in [4.69, 9.17) is 10.5 Å². The summed E-state index contributed by atoms with van der Waals surface area (Å²) < 4.78 is 5.39. The lowest BCUT2D eigenvalue weighted by Gasteiger charge is -2.11. The fourth-order valence-corrected chi connectivity index (χ4v) is 1.28. The highest BCUT2D eigenvalue weighted by molar-refractivity contribution is 5.32. The third-order valence-electron chi connectivity index (χ3n) is 1.91. The van der Waals surface area contributed by atoms with Crippen molar-refractivity contribution >= 4 is 0 Å². The SMILES string of the molecule is Cc1cc(C)cc(OC[C@@H](O)CN)c1. The summed E-state index contributed by atoms with van der Waals surface area (Å²) in [4.78, 5) is 0. The van der Waals surface area contributed by atoms with Crippen LogP contribution in [0.2, 0.25) is 0 Å². The first-order valence-electron chi connectivity index (χ1n) is 4.71. The van der Waals surface area contributed by atoms with Crippen molar-refractivity contribution in [3.63, 3.8) is 0 Å². The Morgan fingerprint density at radius 2 is 1.86 bits per heavy atom. The highest BCUT2D eigenvalue weighted by atomic mass is 16.5. The molecule has 3 heteroatoms. The van der Waals surface area contributed by atoms with Gasteiger partial charge in [-0.25, -0.2) is 0 Å². The van der Waals surface area contributed by atoms with Crippen molar-refractivity contribution in [1.82, 2.24) is 0 Å². The molecule has 0 aromatic heterocycles. The van der Waals surface area contributed by atoms with E-state index in [1.807, 2.05) is 26.0 Å². The van der Waals surface area contributed by atoms with E-state index < -0.39 is 6.10 Å². The number of aliphatic hydroxyl groups is 1. The molecule has 0 saturated carbocycles. The first kappa shape index (κ1) is 11.0. The topological polar surface area (TPSA) is 55.5 Å². The van der Waals surface area contributed by atoms with Gasteiger partial charge in [-0.05, 0) is 37.1 Å². The summed E-state index contributed by atoms with van der Waals surface area (Å²) in [6, 6.07) is 5.96. The third kappa shape index (κ3) is 3.36. The molecule has 1 aromatic carbocycles. The van der Waals surface area contributed by atoms with E-state index in [0.29, 0.717) is 0 Å². The highest BCUT2D eigenvalue weighted by Crippen LogP contribution is 2.16. The molecule has 0 unspecified atom stereocenters. The summed E-state index contributed by atoms with van der Waals surface area (Å²) in [5.74, 6) is 0.787. The monoisotopic (exact) mass is 195 g/mol. The molecule has 0 heterocycles. The van der Waals surface area contributed by atoms with E-state index in [1.165, 1.54) is 0 Å². The van der Waals surface area contributed by atoms with Gasteiger partial charge in [0.25, 0.3) is 0 Å². The zero-order valence-corrected chi connectivity index (χ0v) is 8.66. The van der Waals surface area contributed by atoms with Gasteiger partial charge in [-0.3, -0.25) is 0 Å². The average Bonchev–Trinajstić information content (AvgIpc) is 2.12. The predicted octanol–water partition coefficient (Wildman–Crippen LogP) is 1.00. The van der Waals surface area contributed by atoms with Crippen molar-refractivity contribution in [1.29, 1.82) is 0 Å². The van der Waals surface area contributed by atoms with Crippen LogP contribution < -0.4 is 10.5 Å². The molecule has 0 bridgehead atoms. The van der Waals surface area contributed by atoms with E-state index >= 15 is 0 Å². The van der Waals surface area contributed by atoms with Crippen LogP contribution in [0.25, 0.3) is 0 Å². The minimum Gasteiger partial charge on any atom is -0.491 e. The van der Waals surface area contributed by atoms with E-state index in [2.05, 4.69) is 6.07 Å². The van der Waals surface area contributed by atoms with Gasteiger partial charge in [0.1, 0.15) is 18.5 Å². The number of nitrogens with two attached hydrogens (primary N) is 1. The van der Waals surface area contributed by atoms with Gasteiger partial charge in [0, 0.05) is 6.54 Å². The number of hydrogen-bond donors (Lipinski definition) is 2. The van der Waals surface area contributed by atoms with Gasteiger partial charge in [-0.2, -0.15) is 0 Å². The molecule has 1 aromatic rings. The summed E-state index contributed by atoms with van der Waals surface area (Å²) in [6.45, 7) is 4.50. The summed E-state index contributed by atoms with van der Waals surface area (Å²) in [5, 5.41) is 9.21. The van der Waals surface area contributed by atoms with Crippen LogP contribution in [0, 0.1) is 13.8 Å². The minimum absolute atomic E-state index is 0.227. The molecule has 3 N–H and O–H groups in total. The highest BCUT2D eigenvalue weighted by Gasteiger charge is 2.02. The molecular formula is C11H17NO2.